The van der Waals surface area contributed by atoms with Gasteiger partial charge in [-0.3, -0.25) is 4.79 Å². The fraction of sp³-hybridized carbons (Fsp3) is 0.292. The number of rotatable bonds is 10. The molecule has 0 saturated carbocycles. The van der Waals surface area contributed by atoms with E-state index >= 15 is 0 Å². The van der Waals surface area contributed by atoms with Crippen molar-refractivity contribution in [3.8, 4) is 11.4 Å². The van der Waals surface area contributed by atoms with Crippen LogP contribution in [0.5, 0.6) is 5.75 Å². The number of aryl methyl sites for hydroxylation is 1. The number of Topliss-reactive ketones (excluding diaryl/α,β-unsaturated/α-hetero) is 1. The number of nitrogens with zero attached hydrogens (tertiary/aromatic N) is 1. The monoisotopic (exact) mass is 491 g/mol. The van der Waals surface area contributed by atoms with Crippen molar-refractivity contribution in [2.24, 2.45) is 5.14 Å². The van der Waals surface area contributed by atoms with Crippen molar-refractivity contribution in [2.75, 3.05) is 6.54 Å². The van der Waals surface area contributed by atoms with Crippen LogP contribution in [0.3, 0.4) is 0 Å². The molecule has 1 aromatic heterocycles. The predicted molar refractivity (Wildman–Crippen MR) is 125 cm³/mol. The second kappa shape index (κ2) is 10.5. The lowest BCUT2D eigenvalue weighted by Gasteiger charge is -2.14. The Labute approximate surface area is 197 Å². The first kappa shape index (κ1) is 25.5. The highest BCUT2D eigenvalue weighted by atomic mass is 32.2. The van der Waals surface area contributed by atoms with Crippen LogP contribution in [0.1, 0.15) is 34.2 Å². The summed E-state index contributed by atoms with van der Waals surface area (Å²) in [7, 11) is -3.73. The van der Waals surface area contributed by atoms with Crippen LogP contribution in [-0.4, -0.2) is 38.0 Å². The molecule has 0 saturated heterocycles. The van der Waals surface area contributed by atoms with Crippen LogP contribution in [0.4, 0.5) is 8.78 Å². The summed E-state index contributed by atoms with van der Waals surface area (Å²) < 4.78 is 53.7. The molecule has 34 heavy (non-hydrogen) atoms. The lowest BCUT2D eigenvalue weighted by Crippen LogP contribution is -2.35. The van der Waals surface area contributed by atoms with E-state index in [4.69, 9.17) is 5.14 Å². The number of alkyl halides is 2. The molecule has 0 unspecified atom stereocenters. The first-order valence-corrected chi connectivity index (χ1v) is 12.2. The van der Waals surface area contributed by atoms with E-state index in [1.165, 1.54) is 24.3 Å². The molecule has 10 heteroatoms. The SMILES string of the molecule is Cc1cc(C(=O)[C@H](C)NCCc2ccc(S(N)(=O)=O)cc2)c(C)n1-c1ccc(OC(F)F)cc1. The van der Waals surface area contributed by atoms with Crippen LogP contribution in [0.15, 0.2) is 59.5 Å². The van der Waals surface area contributed by atoms with Crippen molar-refractivity contribution in [1.29, 1.82) is 0 Å². The van der Waals surface area contributed by atoms with Crippen LogP contribution >= 0.6 is 0 Å². The van der Waals surface area contributed by atoms with Gasteiger partial charge in [-0.25, -0.2) is 13.6 Å². The zero-order valence-corrected chi connectivity index (χ0v) is 19.9. The number of halogens is 2. The molecule has 0 spiro atoms. The van der Waals surface area contributed by atoms with Gasteiger partial charge < -0.3 is 14.6 Å². The maximum Gasteiger partial charge on any atom is 0.387 e. The van der Waals surface area contributed by atoms with Crippen molar-refractivity contribution >= 4 is 15.8 Å². The third kappa shape index (κ3) is 6.07. The summed E-state index contributed by atoms with van der Waals surface area (Å²) in [5, 5.41) is 8.31. The van der Waals surface area contributed by atoms with Gasteiger partial charge in [0.1, 0.15) is 5.75 Å². The van der Waals surface area contributed by atoms with Crippen molar-refractivity contribution in [2.45, 2.75) is 44.7 Å². The zero-order valence-electron chi connectivity index (χ0n) is 19.1. The summed E-state index contributed by atoms with van der Waals surface area (Å²) in [6, 6.07) is 13.9. The quantitative estimate of drug-likeness (QED) is 0.421. The summed E-state index contributed by atoms with van der Waals surface area (Å²) in [6.07, 6.45) is 0.606. The Morgan fingerprint density at radius 1 is 1.09 bits per heavy atom. The van der Waals surface area contributed by atoms with Crippen molar-refractivity contribution < 1.29 is 26.7 Å². The third-order valence-electron chi connectivity index (χ3n) is 5.53. The van der Waals surface area contributed by atoms with E-state index in [0.717, 1.165) is 22.6 Å². The first-order valence-electron chi connectivity index (χ1n) is 10.6. The molecule has 0 aliphatic heterocycles. The smallest absolute Gasteiger partial charge is 0.387 e. The van der Waals surface area contributed by atoms with Gasteiger partial charge in [-0.15, -0.1) is 0 Å². The van der Waals surface area contributed by atoms with Gasteiger partial charge in [-0.1, -0.05) is 12.1 Å². The van der Waals surface area contributed by atoms with Crippen molar-refractivity contribution in [3.63, 3.8) is 0 Å². The maximum absolute atomic E-state index is 13.1. The minimum atomic E-state index is -3.73. The summed E-state index contributed by atoms with van der Waals surface area (Å²) in [6.45, 7) is 3.13. The Morgan fingerprint density at radius 2 is 1.71 bits per heavy atom. The standard InChI is InChI=1S/C24H27F2N3O4S/c1-15-14-22(17(3)29(15)19-6-8-20(9-7-19)33-24(25)26)23(30)16(2)28-13-12-18-4-10-21(11-5-18)34(27,31)32/h4-11,14,16,24,28H,12-13H2,1-3H3,(H2,27,31,32)/t16-/m0/s1. The molecule has 3 N–H and O–H groups in total. The minimum absolute atomic E-state index is 0.0549. The number of nitrogens with two attached hydrogens (primary N) is 1. The van der Waals surface area contributed by atoms with Crippen LogP contribution < -0.4 is 15.2 Å². The number of carbonyl (C=O) groups is 1. The molecule has 0 amide bonds. The minimum Gasteiger partial charge on any atom is -0.435 e. The normalized spacial score (nSPS) is 12.7. The van der Waals surface area contributed by atoms with Gasteiger partial charge in [0.25, 0.3) is 0 Å². The maximum atomic E-state index is 13.1. The van der Waals surface area contributed by atoms with E-state index in [1.807, 2.05) is 24.5 Å². The topological polar surface area (TPSA) is 103 Å². The van der Waals surface area contributed by atoms with Crippen LogP contribution in [0.2, 0.25) is 0 Å². The highest BCUT2D eigenvalue weighted by Crippen LogP contribution is 2.24. The highest BCUT2D eigenvalue weighted by Gasteiger charge is 2.21. The molecule has 3 rings (SSSR count). The molecule has 3 aromatic rings. The number of ketones is 1. The molecule has 1 atom stereocenters. The number of hydrogen-bond acceptors (Lipinski definition) is 5. The van der Waals surface area contributed by atoms with Gasteiger partial charge in [0.2, 0.25) is 10.0 Å². The Balaban J connectivity index is 1.65. The molecule has 0 radical (unpaired) electrons. The van der Waals surface area contributed by atoms with E-state index in [-0.39, 0.29) is 16.4 Å². The van der Waals surface area contributed by atoms with E-state index in [1.54, 1.807) is 31.2 Å². The summed E-state index contributed by atoms with van der Waals surface area (Å²) in [5.74, 6) is -0.00352. The molecule has 0 bridgehead atoms. The summed E-state index contributed by atoms with van der Waals surface area (Å²) in [4.78, 5) is 13.1. The Morgan fingerprint density at radius 3 is 2.26 bits per heavy atom. The van der Waals surface area contributed by atoms with Crippen LogP contribution in [-0.2, 0) is 16.4 Å². The highest BCUT2D eigenvalue weighted by molar-refractivity contribution is 7.89. The third-order valence-corrected chi connectivity index (χ3v) is 6.46. The molecule has 1 heterocycles. The molecule has 0 aliphatic rings. The summed E-state index contributed by atoms with van der Waals surface area (Å²) >= 11 is 0. The molecular formula is C24H27F2N3O4S. The number of ether oxygens (including phenoxy) is 1. The van der Waals surface area contributed by atoms with Crippen LogP contribution in [0, 0.1) is 13.8 Å². The van der Waals surface area contributed by atoms with Gasteiger partial charge in [0.15, 0.2) is 5.78 Å². The van der Waals surface area contributed by atoms with E-state index in [2.05, 4.69) is 10.1 Å². The predicted octanol–water partition coefficient (Wildman–Crippen LogP) is 3.75. The van der Waals surface area contributed by atoms with E-state index < -0.39 is 22.7 Å². The van der Waals surface area contributed by atoms with Gasteiger partial charge in [0.05, 0.1) is 10.9 Å². The Bertz CT molecular complexity index is 1250. The number of nitrogens with one attached hydrogen (secondary N) is 1. The number of primary sulfonamides is 1. The zero-order chi connectivity index (χ0) is 25.0. The van der Waals surface area contributed by atoms with Gasteiger partial charge >= 0.3 is 6.61 Å². The molecule has 2 aromatic carbocycles. The Kier molecular flexibility index (Phi) is 7.86. The van der Waals surface area contributed by atoms with Gasteiger partial charge in [-0.05, 0) is 81.8 Å². The lowest BCUT2D eigenvalue weighted by atomic mass is 10.1. The van der Waals surface area contributed by atoms with E-state index in [0.29, 0.717) is 18.5 Å². The molecule has 7 nitrogen and oxygen atoms in total. The number of aromatic nitrogens is 1. The largest absolute Gasteiger partial charge is 0.435 e. The fourth-order valence-electron chi connectivity index (χ4n) is 3.79. The number of sulfonamides is 1. The number of carbonyl (C=O) groups excluding carboxylic acids is 1. The second-order valence-electron chi connectivity index (χ2n) is 7.97. The molecule has 182 valence electrons. The first-order chi connectivity index (χ1) is 16.0. The fourth-order valence-corrected chi connectivity index (χ4v) is 4.31. The number of benzene rings is 2. The van der Waals surface area contributed by atoms with Gasteiger partial charge in [0, 0.05) is 22.6 Å². The average molecular weight is 492 g/mol. The molecular weight excluding hydrogens is 464 g/mol. The Hall–Kier alpha value is -3.08. The molecule has 0 fully saturated rings. The molecule has 0 aliphatic carbocycles. The van der Waals surface area contributed by atoms with Gasteiger partial charge in [-0.2, -0.15) is 8.78 Å². The number of hydrogen-bond donors (Lipinski definition) is 2. The second-order valence-corrected chi connectivity index (χ2v) is 9.53. The van der Waals surface area contributed by atoms with E-state index in [9.17, 15) is 22.0 Å². The average Bonchev–Trinajstić information content (AvgIpc) is 3.07. The lowest BCUT2D eigenvalue weighted by molar-refractivity contribution is -0.0498. The van der Waals surface area contributed by atoms with Crippen LogP contribution in [0.25, 0.3) is 5.69 Å². The van der Waals surface area contributed by atoms with Crippen molar-refractivity contribution in [1.82, 2.24) is 9.88 Å². The summed E-state index contributed by atoms with van der Waals surface area (Å²) in [5.41, 5.74) is 3.81. The van der Waals surface area contributed by atoms with Crippen molar-refractivity contribution in [3.05, 3.63) is 77.1 Å².